The lowest BCUT2D eigenvalue weighted by atomic mass is 10.1. The van der Waals surface area contributed by atoms with Crippen LogP contribution in [0.25, 0.3) is 11.3 Å². The molecule has 2 heterocycles. The van der Waals surface area contributed by atoms with E-state index in [4.69, 9.17) is 4.74 Å². The Bertz CT molecular complexity index is 693. The summed E-state index contributed by atoms with van der Waals surface area (Å²) in [6.07, 6.45) is 1.16. The highest BCUT2D eigenvalue weighted by Crippen LogP contribution is 2.28. The van der Waals surface area contributed by atoms with Crippen LogP contribution in [0, 0.1) is 0 Å². The topological polar surface area (TPSA) is 79.0 Å². The van der Waals surface area contributed by atoms with E-state index in [1.165, 1.54) is 0 Å². The quantitative estimate of drug-likeness (QED) is 0.730. The maximum atomic E-state index is 12.3. The Kier molecular flexibility index (Phi) is 5.65. The van der Waals surface area contributed by atoms with Crippen LogP contribution in [0.3, 0.4) is 0 Å². The van der Waals surface area contributed by atoms with Crippen LogP contribution in [0.4, 0.5) is 5.82 Å². The van der Waals surface area contributed by atoms with Crippen LogP contribution in [0.1, 0.15) is 18.9 Å². The third-order valence-corrected chi connectivity index (χ3v) is 4.57. The number of aromatic nitrogens is 2. The van der Waals surface area contributed by atoms with Crippen molar-refractivity contribution in [2.24, 2.45) is 0 Å². The number of hydrogen-bond donors (Lipinski definition) is 3. The Morgan fingerprint density at radius 3 is 2.88 bits per heavy atom. The van der Waals surface area contributed by atoms with Crippen LogP contribution in [-0.2, 0) is 16.0 Å². The molecule has 0 spiro atoms. The predicted octanol–water partition coefficient (Wildman–Crippen LogP) is 2.72. The van der Waals surface area contributed by atoms with Gasteiger partial charge in [-0.25, -0.2) is 0 Å². The minimum absolute atomic E-state index is 0.0541. The first-order valence-corrected chi connectivity index (χ1v) is 8.90. The zero-order valence-corrected chi connectivity index (χ0v) is 15.1. The molecule has 1 aromatic heterocycles. The number of morpholine rings is 1. The third kappa shape index (κ3) is 4.03. The standard InChI is InChI=1S/C17H21BrN4O2/c1-2-14-16(11-3-5-12(18)6-4-11)21-22-17(14)20-15(23)9-13-10-24-8-7-19-13/h3-6,13,19H,2,7-10H2,1H3,(H2,20,21,22,23). The molecule has 3 N–H and O–H groups in total. The van der Waals surface area contributed by atoms with E-state index in [2.05, 4.69) is 43.7 Å². The summed E-state index contributed by atoms with van der Waals surface area (Å²) in [5, 5.41) is 13.6. The fourth-order valence-electron chi connectivity index (χ4n) is 2.83. The van der Waals surface area contributed by atoms with E-state index in [9.17, 15) is 4.79 Å². The van der Waals surface area contributed by atoms with Gasteiger partial charge in [0.2, 0.25) is 5.91 Å². The summed E-state index contributed by atoms with van der Waals surface area (Å²) < 4.78 is 6.41. The first-order chi connectivity index (χ1) is 11.7. The number of anilines is 1. The highest BCUT2D eigenvalue weighted by atomic mass is 79.9. The molecule has 0 radical (unpaired) electrons. The fraction of sp³-hybridized carbons (Fsp3) is 0.412. The van der Waals surface area contributed by atoms with Crippen LogP contribution < -0.4 is 10.6 Å². The van der Waals surface area contributed by atoms with Gasteiger partial charge in [0.05, 0.1) is 18.9 Å². The van der Waals surface area contributed by atoms with Crippen molar-refractivity contribution in [2.75, 3.05) is 25.1 Å². The molecule has 24 heavy (non-hydrogen) atoms. The van der Waals surface area contributed by atoms with Crippen molar-refractivity contribution in [2.45, 2.75) is 25.8 Å². The molecule has 6 nitrogen and oxygen atoms in total. The Balaban J connectivity index is 1.71. The van der Waals surface area contributed by atoms with Crippen LogP contribution in [0.15, 0.2) is 28.7 Å². The molecular formula is C17H21BrN4O2. The minimum atomic E-state index is -0.0541. The van der Waals surface area contributed by atoms with Crippen molar-refractivity contribution in [3.8, 4) is 11.3 Å². The molecule has 1 unspecified atom stereocenters. The van der Waals surface area contributed by atoms with Crippen molar-refractivity contribution in [3.63, 3.8) is 0 Å². The molecule has 1 aliphatic heterocycles. The second kappa shape index (κ2) is 7.92. The molecule has 0 bridgehead atoms. The van der Waals surface area contributed by atoms with Gasteiger partial charge < -0.3 is 15.4 Å². The smallest absolute Gasteiger partial charge is 0.227 e. The summed E-state index contributed by atoms with van der Waals surface area (Å²) in [5.41, 5.74) is 3.00. The zero-order valence-electron chi connectivity index (χ0n) is 13.6. The number of ether oxygens (including phenoxy) is 1. The second-order valence-electron chi connectivity index (χ2n) is 5.76. The summed E-state index contributed by atoms with van der Waals surface area (Å²) in [6, 6.07) is 8.08. The summed E-state index contributed by atoms with van der Waals surface area (Å²) in [7, 11) is 0. The summed E-state index contributed by atoms with van der Waals surface area (Å²) in [4.78, 5) is 12.3. The average Bonchev–Trinajstić information content (AvgIpc) is 2.99. The Morgan fingerprint density at radius 2 is 2.21 bits per heavy atom. The van der Waals surface area contributed by atoms with E-state index in [0.29, 0.717) is 25.5 Å². The predicted molar refractivity (Wildman–Crippen MR) is 97.0 cm³/mol. The third-order valence-electron chi connectivity index (χ3n) is 4.04. The monoisotopic (exact) mass is 392 g/mol. The number of carbonyl (C=O) groups is 1. The number of hydrogen-bond acceptors (Lipinski definition) is 4. The number of amides is 1. The molecule has 128 valence electrons. The SMILES string of the molecule is CCc1c(NC(=O)CC2COCCN2)n[nH]c1-c1ccc(Br)cc1. The lowest BCUT2D eigenvalue weighted by Crippen LogP contribution is -2.43. The van der Waals surface area contributed by atoms with Crippen molar-refractivity contribution < 1.29 is 9.53 Å². The lowest BCUT2D eigenvalue weighted by molar-refractivity contribution is -0.117. The summed E-state index contributed by atoms with van der Waals surface area (Å²) in [6.45, 7) is 4.11. The first kappa shape index (κ1) is 17.1. The van der Waals surface area contributed by atoms with Gasteiger partial charge in [0, 0.05) is 29.0 Å². The van der Waals surface area contributed by atoms with Gasteiger partial charge in [0.15, 0.2) is 5.82 Å². The van der Waals surface area contributed by atoms with Crippen LogP contribution in [0.5, 0.6) is 0 Å². The Morgan fingerprint density at radius 1 is 1.42 bits per heavy atom. The number of benzene rings is 1. The number of carbonyl (C=O) groups excluding carboxylic acids is 1. The van der Waals surface area contributed by atoms with E-state index < -0.39 is 0 Å². The van der Waals surface area contributed by atoms with Gasteiger partial charge in [0.25, 0.3) is 0 Å². The van der Waals surface area contributed by atoms with E-state index in [-0.39, 0.29) is 11.9 Å². The molecular weight excluding hydrogens is 372 g/mol. The van der Waals surface area contributed by atoms with Gasteiger partial charge in [-0.3, -0.25) is 9.89 Å². The van der Waals surface area contributed by atoms with Gasteiger partial charge >= 0.3 is 0 Å². The van der Waals surface area contributed by atoms with E-state index in [1.54, 1.807) is 0 Å². The highest BCUT2D eigenvalue weighted by molar-refractivity contribution is 9.10. The molecule has 0 aliphatic carbocycles. The largest absolute Gasteiger partial charge is 0.378 e. The molecule has 1 atom stereocenters. The normalized spacial score (nSPS) is 17.7. The minimum Gasteiger partial charge on any atom is -0.378 e. The van der Waals surface area contributed by atoms with Crippen LogP contribution in [-0.4, -0.2) is 41.9 Å². The van der Waals surface area contributed by atoms with E-state index in [0.717, 1.165) is 34.3 Å². The molecule has 1 amide bonds. The highest BCUT2D eigenvalue weighted by Gasteiger charge is 2.19. The molecule has 3 rings (SSSR count). The second-order valence-corrected chi connectivity index (χ2v) is 6.68. The number of nitrogens with zero attached hydrogens (tertiary/aromatic N) is 1. The maximum absolute atomic E-state index is 12.3. The number of nitrogens with one attached hydrogen (secondary N) is 3. The number of halogens is 1. The Hall–Kier alpha value is -1.70. The fourth-order valence-corrected chi connectivity index (χ4v) is 3.09. The van der Waals surface area contributed by atoms with Gasteiger partial charge in [-0.1, -0.05) is 35.0 Å². The van der Waals surface area contributed by atoms with Crippen molar-refractivity contribution in [3.05, 3.63) is 34.3 Å². The average molecular weight is 393 g/mol. The number of rotatable bonds is 5. The summed E-state index contributed by atoms with van der Waals surface area (Å²) in [5.74, 6) is 0.554. The van der Waals surface area contributed by atoms with Crippen LogP contribution >= 0.6 is 15.9 Å². The van der Waals surface area contributed by atoms with E-state index in [1.807, 2.05) is 24.3 Å². The van der Waals surface area contributed by atoms with Crippen molar-refractivity contribution >= 4 is 27.7 Å². The van der Waals surface area contributed by atoms with Gasteiger partial charge in [-0.2, -0.15) is 5.10 Å². The lowest BCUT2D eigenvalue weighted by Gasteiger charge is -2.23. The van der Waals surface area contributed by atoms with Crippen molar-refractivity contribution in [1.82, 2.24) is 15.5 Å². The number of aromatic amines is 1. The van der Waals surface area contributed by atoms with Crippen molar-refractivity contribution in [1.29, 1.82) is 0 Å². The number of H-pyrrole nitrogens is 1. The zero-order chi connectivity index (χ0) is 16.9. The molecule has 0 saturated carbocycles. The molecule has 1 aromatic carbocycles. The molecule has 7 heteroatoms. The maximum Gasteiger partial charge on any atom is 0.227 e. The molecule has 1 aliphatic rings. The molecule has 1 saturated heterocycles. The first-order valence-electron chi connectivity index (χ1n) is 8.11. The summed E-state index contributed by atoms with van der Waals surface area (Å²) >= 11 is 3.44. The Labute approximate surface area is 149 Å². The van der Waals surface area contributed by atoms with Gasteiger partial charge in [-0.05, 0) is 24.1 Å². The molecule has 1 fully saturated rings. The van der Waals surface area contributed by atoms with Gasteiger partial charge in [0.1, 0.15) is 0 Å². The molecule has 2 aromatic rings. The van der Waals surface area contributed by atoms with Gasteiger partial charge in [-0.15, -0.1) is 0 Å². The van der Waals surface area contributed by atoms with Crippen LogP contribution in [0.2, 0.25) is 0 Å². The van der Waals surface area contributed by atoms with E-state index >= 15 is 0 Å².